The molecule has 26 heavy (non-hydrogen) atoms. The summed E-state index contributed by atoms with van der Waals surface area (Å²) in [4.78, 5) is 4.61. The van der Waals surface area contributed by atoms with Gasteiger partial charge < -0.3 is 20.4 Å². The summed E-state index contributed by atoms with van der Waals surface area (Å²) in [6.45, 7) is 8.84. The third-order valence-corrected chi connectivity index (χ3v) is 6.06. The molecule has 0 atom stereocenters. The summed E-state index contributed by atoms with van der Waals surface area (Å²) < 4.78 is 7.94. The number of anilines is 2. The number of nitrogens with two attached hydrogens (primary N) is 1. The Kier molecular flexibility index (Phi) is 5.76. The molecule has 0 amide bonds. The van der Waals surface area contributed by atoms with Gasteiger partial charge in [-0.3, -0.25) is 0 Å². The Hall–Kier alpha value is -2.15. The van der Waals surface area contributed by atoms with Gasteiger partial charge in [-0.1, -0.05) is 37.8 Å². The molecule has 3 N–H and O–H groups in total. The van der Waals surface area contributed by atoms with Gasteiger partial charge in [-0.2, -0.15) is 0 Å². The first-order valence-corrected chi connectivity index (χ1v) is 12.8. The molecule has 138 valence electrons. The van der Waals surface area contributed by atoms with E-state index in [1.807, 2.05) is 42.7 Å². The molecule has 2 aromatic heterocycles. The lowest BCUT2D eigenvalue weighted by molar-refractivity contribution is 0.0899. The van der Waals surface area contributed by atoms with E-state index in [9.17, 15) is 0 Å². The van der Waals surface area contributed by atoms with E-state index < -0.39 is 8.07 Å². The minimum absolute atomic E-state index is 0.440. The maximum absolute atomic E-state index is 5.93. The average molecular weight is 369 g/mol. The van der Waals surface area contributed by atoms with Crippen LogP contribution in [0.15, 0.2) is 48.8 Å². The zero-order valence-corrected chi connectivity index (χ0v) is 16.8. The van der Waals surface area contributed by atoms with E-state index in [0.717, 1.165) is 40.6 Å². The molecular weight excluding hydrogens is 340 g/mol. The fraction of sp³-hybridized carbons (Fsp3) is 0.350. The summed E-state index contributed by atoms with van der Waals surface area (Å²) in [5.41, 5.74) is 9.90. The third-order valence-electron chi connectivity index (χ3n) is 4.36. The van der Waals surface area contributed by atoms with E-state index in [4.69, 9.17) is 10.5 Å². The second-order valence-corrected chi connectivity index (χ2v) is 13.3. The molecule has 0 radical (unpaired) electrons. The molecule has 0 aliphatic rings. The van der Waals surface area contributed by atoms with E-state index in [1.54, 1.807) is 0 Å². The minimum Gasteiger partial charge on any atom is -0.361 e. The highest BCUT2D eigenvalue weighted by atomic mass is 28.3. The molecule has 0 unspecified atom stereocenters. The summed E-state index contributed by atoms with van der Waals surface area (Å²) >= 11 is 0. The van der Waals surface area contributed by atoms with Crippen LogP contribution in [0.2, 0.25) is 25.7 Å². The molecule has 0 bridgehead atoms. The molecule has 0 saturated heterocycles. The molecule has 0 saturated carbocycles. The predicted molar refractivity (Wildman–Crippen MR) is 111 cm³/mol. The molecule has 0 aliphatic carbocycles. The van der Waals surface area contributed by atoms with Gasteiger partial charge in [0.15, 0.2) is 0 Å². The SMILES string of the molecule is C[Si](C)(C)CCOCn1ccc2c(Nc3ccccc3)c(CN)cnc21. The van der Waals surface area contributed by atoms with Crippen LogP contribution in [0, 0.1) is 0 Å². The number of fused-ring (bicyclic) bond motifs is 1. The Morgan fingerprint density at radius 1 is 1.15 bits per heavy atom. The van der Waals surface area contributed by atoms with Crippen LogP contribution in [0.4, 0.5) is 11.4 Å². The van der Waals surface area contributed by atoms with Crippen molar-refractivity contribution in [1.29, 1.82) is 0 Å². The lowest BCUT2D eigenvalue weighted by Crippen LogP contribution is -2.22. The topological polar surface area (TPSA) is 65.1 Å². The van der Waals surface area contributed by atoms with E-state index in [0.29, 0.717) is 13.3 Å². The molecule has 3 rings (SSSR count). The molecule has 1 aromatic carbocycles. The quantitative estimate of drug-likeness (QED) is 0.452. The summed E-state index contributed by atoms with van der Waals surface area (Å²) in [5.74, 6) is 0. The van der Waals surface area contributed by atoms with Gasteiger partial charge in [0, 0.05) is 50.3 Å². The maximum Gasteiger partial charge on any atom is 0.143 e. The first kappa shape index (κ1) is 18.6. The predicted octanol–water partition coefficient (Wildman–Crippen LogP) is 4.55. The van der Waals surface area contributed by atoms with Crippen LogP contribution in [-0.2, 0) is 18.0 Å². The first-order chi connectivity index (χ1) is 12.5. The fourth-order valence-corrected chi connectivity index (χ4v) is 3.55. The molecule has 0 fully saturated rings. The van der Waals surface area contributed by atoms with E-state index in [2.05, 4.69) is 40.6 Å². The Labute approximate surface area is 156 Å². The minimum atomic E-state index is -1.07. The standard InChI is InChI=1S/C20H28N4OSi/c1-26(2,3)12-11-25-15-24-10-9-18-19(16(13-21)14-22-20(18)24)23-17-7-5-4-6-8-17/h4-10,14H,11-13,15,21H2,1-3H3,(H,22,23). The van der Waals surface area contributed by atoms with Gasteiger partial charge in [0.05, 0.1) is 5.69 Å². The third kappa shape index (κ3) is 4.52. The van der Waals surface area contributed by atoms with Gasteiger partial charge in [0.1, 0.15) is 12.4 Å². The van der Waals surface area contributed by atoms with Gasteiger partial charge >= 0.3 is 0 Å². The zero-order chi connectivity index (χ0) is 18.6. The number of nitrogens with zero attached hydrogens (tertiary/aromatic N) is 2. The first-order valence-electron chi connectivity index (χ1n) is 9.04. The van der Waals surface area contributed by atoms with Crippen molar-refractivity contribution in [3.8, 4) is 0 Å². The average Bonchev–Trinajstić information content (AvgIpc) is 3.03. The molecule has 0 spiro atoms. The fourth-order valence-electron chi connectivity index (χ4n) is 2.79. The Morgan fingerprint density at radius 2 is 1.92 bits per heavy atom. The van der Waals surface area contributed by atoms with Crippen LogP contribution in [0.5, 0.6) is 0 Å². The number of hydrogen-bond acceptors (Lipinski definition) is 4. The summed E-state index contributed by atoms with van der Waals surface area (Å²) in [5, 5.41) is 4.56. The maximum atomic E-state index is 5.93. The molecule has 2 heterocycles. The monoisotopic (exact) mass is 368 g/mol. The molecule has 3 aromatic rings. The molecule has 6 heteroatoms. The molecular formula is C20H28N4OSi. The van der Waals surface area contributed by atoms with Gasteiger partial charge in [-0.15, -0.1) is 0 Å². The Bertz CT molecular complexity index is 855. The zero-order valence-electron chi connectivity index (χ0n) is 15.8. The van der Waals surface area contributed by atoms with E-state index in [1.165, 1.54) is 0 Å². The van der Waals surface area contributed by atoms with E-state index >= 15 is 0 Å². The van der Waals surface area contributed by atoms with Crippen molar-refractivity contribution in [2.75, 3.05) is 11.9 Å². The van der Waals surface area contributed by atoms with Crippen LogP contribution in [0.25, 0.3) is 11.0 Å². The van der Waals surface area contributed by atoms with Crippen molar-refractivity contribution < 1.29 is 4.74 Å². The number of para-hydroxylation sites is 1. The largest absolute Gasteiger partial charge is 0.361 e. The van der Waals surface area contributed by atoms with Crippen molar-refractivity contribution in [1.82, 2.24) is 9.55 Å². The number of ether oxygens (including phenoxy) is 1. The number of pyridine rings is 1. The van der Waals surface area contributed by atoms with Crippen LogP contribution < -0.4 is 11.1 Å². The van der Waals surface area contributed by atoms with Gasteiger partial charge in [-0.05, 0) is 24.2 Å². The smallest absolute Gasteiger partial charge is 0.143 e. The van der Waals surface area contributed by atoms with Crippen LogP contribution >= 0.6 is 0 Å². The summed E-state index contributed by atoms with van der Waals surface area (Å²) in [6.07, 6.45) is 3.88. The highest BCUT2D eigenvalue weighted by Gasteiger charge is 2.14. The summed E-state index contributed by atoms with van der Waals surface area (Å²) in [7, 11) is -1.07. The van der Waals surface area contributed by atoms with Crippen molar-refractivity contribution in [3.05, 3.63) is 54.4 Å². The Balaban J connectivity index is 1.82. The lowest BCUT2D eigenvalue weighted by atomic mass is 10.1. The normalized spacial score (nSPS) is 11.8. The molecule has 0 aliphatic heterocycles. The van der Waals surface area contributed by atoms with Crippen molar-refractivity contribution >= 4 is 30.5 Å². The number of aromatic nitrogens is 2. The second kappa shape index (κ2) is 8.03. The van der Waals surface area contributed by atoms with Gasteiger partial charge in [-0.25, -0.2) is 4.98 Å². The van der Waals surface area contributed by atoms with Crippen LogP contribution in [0.3, 0.4) is 0 Å². The van der Waals surface area contributed by atoms with Crippen LogP contribution in [-0.4, -0.2) is 24.2 Å². The van der Waals surface area contributed by atoms with E-state index in [-0.39, 0.29) is 0 Å². The highest BCUT2D eigenvalue weighted by molar-refractivity contribution is 6.76. The summed E-state index contributed by atoms with van der Waals surface area (Å²) in [6, 6.07) is 13.4. The van der Waals surface area contributed by atoms with Crippen molar-refractivity contribution in [2.45, 2.75) is 39.0 Å². The number of benzene rings is 1. The van der Waals surface area contributed by atoms with Crippen molar-refractivity contribution in [3.63, 3.8) is 0 Å². The van der Waals surface area contributed by atoms with Gasteiger partial charge in [0.25, 0.3) is 0 Å². The number of nitrogens with one attached hydrogen (secondary N) is 1. The number of hydrogen-bond donors (Lipinski definition) is 2. The van der Waals surface area contributed by atoms with Crippen molar-refractivity contribution in [2.24, 2.45) is 5.73 Å². The second-order valence-electron chi connectivity index (χ2n) is 7.72. The van der Waals surface area contributed by atoms with Crippen LogP contribution in [0.1, 0.15) is 5.56 Å². The Morgan fingerprint density at radius 3 is 2.62 bits per heavy atom. The van der Waals surface area contributed by atoms with Gasteiger partial charge in [0.2, 0.25) is 0 Å². The highest BCUT2D eigenvalue weighted by Crippen LogP contribution is 2.29. The lowest BCUT2D eigenvalue weighted by Gasteiger charge is -2.16. The molecule has 5 nitrogen and oxygen atoms in total. The number of rotatable bonds is 8.